The van der Waals surface area contributed by atoms with Gasteiger partial charge in [0.2, 0.25) is 5.91 Å². The van der Waals surface area contributed by atoms with Gasteiger partial charge in [0, 0.05) is 18.6 Å². The number of benzene rings is 2. The van der Waals surface area contributed by atoms with E-state index < -0.39 is 0 Å². The molecule has 0 spiro atoms. The quantitative estimate of drug-likeness (QED) is 0.306. The molecule has 0 aliphatic carbocycles. The minimum absolute atomic E-state index is 0.0473. The summed E-state index contributed by atoms with van der Waals surface area (Å²) in [6.07, 6.45) is 1.61. The number of carbonyl (C=O) groups is 1. The van der Waals surface area contributed by atoms with Crippen molar-refractivity contribution in [3.63, 3.8) is 0 Å². The Hall–Kier alpha value is -2.82. The first-order valence-corrected chi connectivity index (χ1v) is 14.5. The van der Waals surface area contributed by atoms with E-state index in [9.17, 15) is 15.0 Å². The molecule has 0 heterocycles. The van der Waals surface area contributed by atoms with Gasteiger partial charge in [-0.25, -0.2) is 0 Å². The Bertz CT molecular complexity index is 1170. The third kappa shape index (κ3) is 8.84. The fourth-order valence-corrected chi connectivity index (χ4v) is 4.88. The van der Waals surface area contributed by atoms with E-state index in [1.54, 1.807) is 0 Å². The van der Waals surface area contributed by atoms with Crippen molar-refractivity contribution in [2.24, 2.45) is 4.99 Å². The molecule has 0 saturated heterocycles. The molecule has 2 aromatic rings. The van der Waals surface area contributed by atoms with Crippen LogP contribution in [0.25, 0.3) is 0 Å². The second-order valence-corrected chi connectivity index (χ2v) is 15.4. The van der Waals surface area contributed by atoms with Gasteiger partial charge in [-0.15, -0.1) is 0 Å². The van der Waals surface area contributed by atoms with Crippen molar-refractivity contribution in [1.29, 1.82) is 0 Å². The van der Waals surface area contributed by atoms with Crippen LogP contribution in [0.1, 0.15) is 130 Å². The van der Waals surface area contributed by atoms with E-state index in [0.717, 1.165) is 39.1 Å². The minimum atomic E-state index is -0.201. The van der Waals surface area contributed by atoms with Crippen LogP contribution in [0.4, 0.5) is 0 Å². The summed E-state index contributed by atoms with van der Waals surface area (Å²) in [5.41, 5.74) is 6.02. The molecular weight excluding hydrogens is 496 g/mol. The van der Waals surface area contributed by atoms with E-state index in [1.165, 1.54) is 0 Å². The van der Waals surface area contributed by atoms with Crippen molar-refractivity contribution in [2.75, 3.05) is 6.67 Å². The Balaban J connectivity index is 2.11. The molecular formula is C35H54N2O3. The highest BCUT2D eigenvalue weighted by atomic mass is 16.3. The number of phenols is 2. The van der Waals surface area contributed by atoms with Crippen molar-refractivity contribution in [2.45, 2.75) is 131 Å². The summed E-state index contributed by atoms with van der Waals surface area (Å²) >= 11 is 0. The predicted molar refractivity (Wildman–Crippen MR) is 169 cm³/mol. The Morgan fingerprint density at radius 3 is 1.38 bits per heavy atom. The maximum absolute atomic E-state index is 12.7. The van der Waals surface area contributed by atoms with Crippen molar-refractivity contribution in [3.8, 4) is 11.5 Å². The fraction of sp³-hybridized carbons (Fsp3) is 0.600. The number of phenolic OH excluding ortho intramolecular Hbond substituents is 2. The first-order valence-electron chi connectivity index (χ1n) is 14.5. The topological polar surface area (TPSA) is 81.9 Å². The largest absolute Gasteiger partial charge is 0.507 e. The Morgan fingerprint density at radius 2 is 1.02 bits per heavy atom. The molecule has 0 aliphatic heterocycles. The number of carbonyl (C=O) groups excluding carboxylic acids is 1. The second-order valence-electron chi connectivity index (χ2n) is 15.4. The highest BCUT2D eigenvalue weighted by Crippen LogP contribution is 2.41. The lowest BCUT2D eigenvalue weighted by molar-refractivity contribution is -0.120. The standard InChI is InChI=1S/C35H54N2O3/c1-22(16-24-19-27(34(8,9)10)31(40)28(20-24)35(11,12)13)36-21-37-29(38)15-14-23-17-25(32(2,3)4)30(39)26(18-23)33(5,6)7/h17-20,39-40H,14-16,21H2,1-13H3,(H,37,38). The van der Waals surface area contributed by atoms with Crippen LogP contribution in [-0.4, -0.2) is 28.5 Å². The van der Waals surface area contributed by atoms with E-state index in [2.05, 4.69) is 106 Å². The Labute approximate surface area is 243 Å². The first kappa shape index (κ1) is 33.4. The molecule has 3 N–H and O–H groups in total. The average Bonchev–Trinajstić information content (AvgIpc) is 2.76. The van der Waals surface area contributed by atoms with Crippen LogP contribution in [0.2, 0.25) is 0 Å². The van der Waals surface area contributed by atoms with Crippen molar-refractivity contribution >= 4 is 11.6 Å². The van der Waals surface area contributed by atoms with Gasteiger partial charge >= 0.3 is 0 Å². The van der Waals surface area contributed by atoms with E-state index in [0.29, 0.717) is 30.8 Å². The third-order valence-electron chi connectivity index (χ3n) is 7.30. The molecule has 5 nitrogen and oxygen atoms in total. The van der Waals surface area contributed by atoms with E-state index >= 15 is 0 Å². The lowest BCUT2D eigenvalue weighted by Crippen LogP contribution is -2.24. The molecule has 1 amide bonds. The van der Waals surface area contributed by atoms with E-state index in [-0.39, 0.29) is 34.2 Å². The molecule has 2 rings (SSSR count). The van der Waals surface area contributed by atoms with Gasteiger partial charge < -0.3 is 15.5 Å². The molecule has 222 valence electrons. The highest BCUT2D eigenvalue weighted by Gasteiger charge is 2.28. The molecule has 0 fully saturated rings. The number of aromatic hydroxyl groups is 2. The number of nitrogens with one attached hydrogen (secondary N) is 1. The summed E-state index contributed by atoms with van der Waals surface area (Å²) in [6.45, 7) is 27.4. The van der Waals surface area contributed by atoms with Crippen LogP contribution in [0.5, 0.6) is 11.5 Å². The number of rotatable bonds is 7. The third-order valence-corrected chi connectivity index (χ3v) is 7.30. The second kappa shape index (κ2) is 12.0. The Morgan fingerprint density at radius 1 is 0.675 bits per heavy atom. The number of aryl methyl sites for hydroxylation is 1. The normalized spacial score (nSPS) is 13.5. The summed E-state index contributed by atoms with van der Waals surface area (Å²) in [4.78, 5) is 17.3. The van der Waals surface area contributed by atoms with Crippen LogP contribution in [0, 0.1) is 0 Å². The number of aliphatic imine (C=N–C) groups is 1. The van der Waals surface area contributed by atoms with Gasteiger partial charge in [0.15, 0.2) is 0 Å². The van der Waals surface area contributed by atoms with Crippen molar-refractivity contribution in [3.05, 3.63) is 57.6 Å². The maximum atomic E-state index is 12.7. The molecule has 2 aromatic carbocycles. The summed E-state index contributed by atoms with van der Waals surface area (Å²) in [5, 5.41) is 24.9. The highest BCUT2D eigenvalue weighted by molar-refractivity contribution is 5.85. The molecule has 0 aromatic heterocycles. The molecule has 0 unspecified atom stereocenters. The van der Waals surface area contributed by atoms with Gasteiger partial charge in [0.1, 0.15) is 18.2 Å². The van der Waals surface area contributed by atoms with Crippen LogP contribution in [0.15, 0.2) is 29.3 Å². The van der Waals surface area contributed by atoms with Crippen LogP contribution < -0.4 is 5.32 Å². The zero-order chi connectivity index (χ0) is 30.8. The molecule has 5 heteroatoms. The zero-order valence-electron chi connectivity index (χ0n) is 27.4. The van der Waals surface area contributed by atoms with E-state index in [4.69, 9.17) is 0 Å². The van der Waals surface area contributed by atoms with Crippen molar-refractivity contribution < 1.29 is 15.0 Å². The van der Waals surface area contributed by atoms with Gasteiger partial charge in [0.05, 0.1) is 0 Å². The Kier molecular flexibility index (Phi) is 9.99. The van der Waals surface area contributed by atoms with Gasteiger partial charge in [-0.2, -0.15) is 0 Å². The fourth-order valence-electron chi connectivity index (χ4n) is 4.88. The number of nitrogens with zero attached hydrogens (tertiary/aromatic N) is 1. The van der Waals surface area contributed by atoms with Gasteiger partial charge in [0.25, 0.3) is 0 Å². The van der Waals surface area contributed by atoms with E-state index in [1.807, 2.05) is 19.1 Å². The van der Waals surface area contributed by atoms with Gasteiger partial charge in [-0.1, -0.05) is 107 Å². The molecule has 0 atom stereocenters. The molecule has 0 bridgehead atoms. The first-order chi connectivity index (χ1) is 18.0. The average molecular weight is 551 g/mol. The van der Waals surface area contributed by atoms with Gasteiger partial charge in [-0.3, -0.25) is 9.79 Å². The minimum Gasteiger partial charge on any atom is -0.507 e. The van der Waals surface area contributed by atoms with Crippen molar-refractivity contribution in [1.82, 2.24) is 5.32 Å². The SMILES string of the molecule is CC(Cc1cc(C(C)(C)C)c(O)c(C(C)(C)C)c1)=NCNC(=O)CCc1cc(C(C)(C)C)c(O)c(C(C)(C)C)c1. The lowest BCUT2D eigenvalue weighted by atomic mass is 9.78. The van der Waals surface area contributed by atoms with Crippen LogP contribution in [-0.2, 0) is 39.3 Å². The van der Waals surface area contributed by atoms with Crippen LogP contribution >= 0.6 is 0 Å². The summed E-state index contributed by atoms with van der Waals surface area (Å²) in [5.74, 6) is 0.688. The molecule has 0 aliphatic rings. The summed E-state index contributed by atoms with van der Waals surface area (Å²) in [7, 11) is 0. The summed E-state index contributed by atoms with van der Waals surface area (Å²) in [6, 6.07) is 8.24. The predicted octanol–water partition coefficient (Wildman–Crippen LogP) is 8.00. The number of hydrogen-bond acceptors (Lipinski definition) is 4. The zero-order valence-corrected chi connectivity index (χ0v) is 27.4. The smallest absolute Gasteiger partial charge is 0.221 e. The monoisotopic (exact) mass is 550 g/mol. The molecule has 0 saturated carbocycles. The molecule has 40 heavy (non-hydrogen) atoms. The van der Waals surface area contributed by atoms with Gasteiger partial charge in [-0.05, 0) is 68.4 Å². The maximum Gasteiger partial charge on any atom is 0.221 e. The summed E-state index contributed by atoms with van der Waals surface area (Å²) < 4.78 is 0. The lowest BCUT2D eigenvalue weighted by Gasteiger charge is -2.28. The van der Waals surface area contributed by atoms with Crippen LogP contribution in [0.3, 0.4) is 0 Å². The molecule has 0 radical (unpaired) electrons. The number of amides is 1. The number of hydrogen-bond donors (Lipinski definition) is 3.